The number of nitrogens with one attached hydrogen (secondary N) is 1. The van der Waals surface area contributed by atoms with Crippen molar-refractivity contribution in [3.8, 4) is 0 Å². The monoisotopic (exact) mass is 253 g/mol. The molecule has 7 heteroatoms. The number of hydrogen-bond donors (Lipinski definition) is 2. The van der Waals surface area contributed by atoms with E-state index in [0.29, 0.717) is 19.8 Å². The van der Waals surface area contributed by atoms with Crippen LogP contribution in [0.15, 0.2) is 18.2 Å². The fourth-order valence-electron chi connectivity index (χ4n) is 1.35. The summed E-state index contributed by atoms with van der Waals surface area (Å²) in [6.45, 7) is 3.24. The van der Waals surface area contributed by atoms with Gasteiger partial charge in [-0.2, -0.15) is 0 Å². The van der Waals surface area contributed by atoms with Crippen LogP contribution >= 0.6 is 0 Å². The van der Waals surface area contributed by atoms with Gasteiger partial charge in [0.05, 0.1) is 11.5 Å². The topological polar surface area (TPSA) is 107 Å². The zero-order chi connectivity index (χ0) is 13.5. The number of rotatable bonds is 6. The van der Waals surface area contributed by atoms with E-state index >= 15 is 0 Å². The zero-order valence-electron chi connectivity index (χ0n) is 10.0. The maximum Gasteiger partial charge on any atom is 0.292 e. The van der Waals surface area contributed by atoms with Crippen LogP contribution in [0.4, 0.5) is 11.4 Å². The van der Waals surface area contributed by atoms with Crippen LogP contribution in [0.3, 0.4) is 0 Å². The van der Waals surface area contributed by atoms with Crippen molar-refractivity contribution >= 4 is 17.3 Å². The summed E-state index contributed by atoms with van der Waals surface area (Å²) < 4.78 is 5.07. The number of carbonyl (C=O) groups excluding carboxylic acids is 1. The second-order valence-electron chi connectivity index (χ2n) is 3.48. The normalized spacial score (nSPS) is 10.1. The number of amides is 1. The quantitative estimate of drug-likeness (QED) is 0.339. The number of nitro groups is 1. The predicted octanol–water partition coefficient (Wildman–Crippen LogP) is 0.943. The maximum absolute atomic E-state index is 11.6. The van der Waals surface area contributed by atoms with Gasteiger partial charge in [-0.3, -0.25) is 14.9 Å². The first-order valence-electron chi connectivity index (χ1n) is 5.46. The van der Waals surface area contributed by atoms with E-state index in [0.717, 1.165) is 0 Å². The number of anilines is 1. The summed E-state index contributed by atoms with van der Waals surface area (Å²) in [5.41, 5.74) is 5.54. The molecule has 1 aromatic carbocycles. The number of nitrogen functional groups attached to an aromatic ring is 1. The van der Waals surface area contributed by atoms with Crippen LogP contribution in [0.1, 0.15) is 17.3 Å². The van der Waals surface area contributed by atoms with Crippen LogP contribution in [0.5, 0.6) is 0 Å². The Labute approximate surface area is 104 Å². The van der Waals surface area contributed by atoms with Crippen LogP contribution in [0.2, 0.25) is 0 Å². The molecule has 98 valence electrons. The Morgan fingerprint density at radius 1 is 1.56 bits per heavy atom. The molecule has 0 aromatic heterocycles. The van der Waals surface area contributed by atoms with E-state index in [1.807, 2.05) is 6.92 Å². The molecular formula is C11H15N3O4. The van der Waals surface area contributed by atoms with Gasteiger partial charge in [0.2, 0.25) is 0 Å². The highest BCUT2D eigenvalue weighted by molar-refractivity contribution is 5.95. The minimum atomic E-state index is -0.591. The number of carbonyl (C=O) groups is 1. The first-order valence-corrected chi connectivity index (χ1v) is 5.46. The van der Waals surface area contributed by atoms with Crippen molar-refractivity contribution < 1.29 is 14.5 Å². The van der Waals surface area contributed by atoms with Crippen molar-refractivity contribution in [1.29, 1.82) is 0 Å². The molecule has 0 spiro atoms. The van der Waals surface area contributed by atoms with Crippen LogP contribution in [0, 0.1) is 10.1 Å². The Kier molecular flexibility index (Phi) is 5.06. The van der Waals surface area contributed by atoms with E-state index in [4.69, 9.17) is 10.5 Å². The van der Waals surface area contributed by atoms with E-state index < -0.39 is 4.92 Å². The highest BCUT2D eigenvalue weighted by Crippen LogP contribution is 2.21. The third-order valence-corrected chi connectivity index (χ3v) is 2.22. The second kappa shape index (κ2) is 6.55. The molecule has 0 atom stereocenters. The smallest absolute Gasteiger partial charge is 0.292 e. The van der Waals surface area contributed by atoms with Gasteiger partial charge >= 0.3 is 0 Å². The van der Waals surface area contributed by atoms with Gasteiger partial charge in [-0.15, -0.1) is 0 Å². The number of nitrogens with zero attached hydrogens (tertiary/aromatic N) is 1. The number of nitro benzene ring substituents is 1. The van der Waals surface area contributed by atoms with Crippen LogP contribution in [0.25, 0.3) is 0 Å². The third kappa shape index (κ3) is 3.70. The Morgan fingerprint density at radius 2 is 2.28 bits per heavy atom. The van der Waals surface area contributed by atoms with Crippen molar-refractivity contribution in [2.75, 3.05) is 25.5 Å². The fourth-order valence-corrected chi connectivity index (χ4v) is 1.35. The molecule has 0 aliphatic carbocycles. The maximum atomic E-state index is 11.6. The third-order valence-electron chi connectivity index (χ3n) is 2.22. The van der Waals surface area contributed by atoms with Gasteiger partial charge in [-0.1, -0.05) is 0 Å². The summed E-state index contributed by atoms with van der Waals surface area (Å²) >= 11 is 0. The number of nitrogens with two attached hydrogens (primary N) is 1. The van der Waals surface area contributed by atoms with Gasteiger partial charge in [0.1, 0.15) is 5.69 Å². The molecule has 0 saturated carbocycles. The van der Waals surface area contributed by atoms with Gasteiger partial charge in [-0.25, -0.2) is 0 Å². The largest absolute Gasteiger partial charge is 0.393 e. The number of hydrogen-bond acceptors (Lipinski definition) is 5. The van der Waals surface area contributed by atoms with Crippen molar-refractivity contribution in [2.24, 2.45) is 0 Å². The Hall–Kier alpha value is -2.15. The first-order chi connectivity index (χ1) is 8.56. The predicted molar refractivity (Wildman–Crippen MR) is 66.3 cm³/mol. The average molecular weight is 253 g/mol. The molecule has 0 unspecified atom stereocenters. The van der Waals surface area contributed by atoms with Crippen molar-refractivity contribution in [3.05, 3.63) is 33.9 Å². The molecule has 0 bridgehead atoms. The molecule has 0 heterocycles. The van der Waals surface area contributed by atoms with Gasteiger partial charge in [0.15, 0.2) is 0 Å². The minimum Gasteiger partial charge on any atom is -0.393 e. The standard InChI is InChI=1S/C11H15N3O4/c1-2-18-6-5-13-11(15)8-3-4-10(14(16)17)9(12)7-8/h3-4,7H,2,5-6,12H2,1H3,(H,13,15). The van der Waals surface area contributed by atoms with Crippen LogP contribution in [-0.2, 0) is 4.74 Å². The Bertz CT molecular complexity index is 448. The van der Waals surface area contributed by atoms with Crippen molar-refractivity contribution in [2.45, 2.75) is 6.92 Å². The summed E-state index contributed by atoms with van der Waals surface area (Å²) in [6, 6.07) is 3.87. The summed E-state index contributed by atoms with van der Waals surface area (Å²) in [6.07, 6.45) is 0. The van der Waals surface area contributed by atoms with E-state index in [2.05, 4.69) is 5.32 Å². The molecule has 3 N–H and O–H groups in total. The van der Waals surface area contributed by atoms with Crippen LogP contribution in [-0.4, -0.2) is 30.6 Å². The van der Waals surface area contributed by atoms with Gasteiger partial charge in [0.25, 0.3) is 11.6 Å². The fraction of sp³-hybridized carbons (Fsp3) is 0.364. The minimum absolute atomic E-state index is 0.0301. The Balaban J connectivity index is 2.64. The SMILES string of the molecule is CCOCCNC(=O)c1ccc([N+](=O)[O-])c(N)c1. The molecule has 1 aromatic rings. The molecular weight excluding hydrogens is 238 g/mol. The molecule has 0 radical (unpaired) electrons. The zero-order valence-corrected chi connectivity index (χ0v) is 10.0. The lowest BCUT2D eigenvalue weighted by Crippen LogP contribution is -2.27. The van der Waals surface area contributed by atoms with E-state index in [1.54, 1.807) is 0 Å². The van der Waals surface area contributed by atoms with Crippen LogP contribution < -0.4 is 11.1 Å². The van der Waals surface area contributed by atoms with E-state index in [-0.39, 0.29) is 22.8 Å². The number of ether oxygens (including phenoxy) is 1. The summed E-state index contributed by atoms with van der Waals surface area (Å²) in [4.78, 5) is 21.6. The molecule has 1 rings (SSSR count). The second-order valence-corrected chi connectivity index (χ2v) is 3.48. The van der Waals surface area contributed by atoms with Crippen molar-refractivity contribution in [3.63, 3.8) is 0 Å². The summed E-state index contributed by atoms with van der Waals surface area (Å²) in [5.74, 6) is -0.337. The highest BCUT2D eigenvalue weighted by atomic mass is 16.6. The molecule has 18 heavy (non-hydrogen) atoms. The molecule has 0 aliphatic rings. The van der Waals surface area contributed by atoms with Gasteiger partial charge < -0.3 is 15.8 Å². The molecule has 1 amide bonds. The molecule has 7 nitrogen and oxygen atoms in total. The summed E-state index contributed by atoms with van der Waals surface area (Å²) in [7, 11) is 0. The lowest BCUT2D eigenvalue weighted by molar-refractivity contribution is -0.383. The lowest BCUT2D eigenvalue weighted by atomic mass is 10.1. The molecule has 0 aliphatic heterocycles. The van der Waals surface area contributed by atoms with E-state index in [9.17, 15) is 14.9 Å². The lowest BCUT2D eigenvalue weighted by Gasteiger charge is -2.06. The first kappa shape index (κ1) is 13.9. The van der Waals surface area contributed by atoms with Gasteiger partial charge in [-0.05, 0) is 19.1 Å². The van der Waals surface area contributed by atoms with Gasteiger partial charge in [0, 0.05) is 24.8 Å². The average Bonchev–Trinajstić information content (AvgIpc) is 2.33. The highest BCUT2D eigenvalue weighted by Gasteiger charge is 2.14. The number of benzene rings is 1. The molecule has 0 fully saturated rings. The van der Waals surface area contributed by atoms with E-state index in [1.165, 1.54) is 18.2 Å². The molecule has 0 saturated heterocycles. The van der Waals surface area contributed by atoms with Crippen molar-refractivity contribution in [1.82, 2.24) is 5.32 Å². The Morgan fingerprint density at radius 3 is 2.83 bits per heavy atom. The summed E-state index contributed by atoms with van der Waals surface area (Å²) in [5, 5.41) is 13.2.